The third-order valence-electron chi connectivity index (χ3n) is 4.55. The maximum absolute atomic E-state index is 13.6. The second-order valence-electron chi connectivity index (χ2n) is 6.20. The summed E-state index contributed by atoms with van der Waals surface area (Å²) in [6.07, 6.45) is 0. The van der Waals surface area contributed by atoms with E-state index in [2.05, 4.69) is 0 Å². The van der Waals surface area contributed by atoms with Crippen molar-refractivity contribution in [3.8, 4) is 33.8 Å². The maximum Gasteiger partial charge on any atom is 0.226 e. The van der Waals surface area contributed by atoms with Crippen molar-refractivity contribution in [1.29, 1.82) is 0 Å². The summed E-state index contributed by atoms with van der Waals surface area (Å²) >= 11 is 2.47. The van der Waals surface area contributed by atoms with Gasteiger partial charge < -0.3 is 9.47 Å². The monoisotopic (exact) mass is 442 g/mol. The minimum atomic E-state index is -3.67. The van der Waals surface area contributed by atoms with Gasteiger partial charge in [-0.25, -0.2) is 8.42 Å². The van der Waals surface area contributed by atoms with E-state index >= 15 is 0 Å². The molecular formula is C22H18O4S3. The molecule has 0 aliphatic heterocycles. The van der Waals surface area contributed by atoms with Gasteiger partial charge in [-0.1, -0.05) is 24.3 Å². The van der Waals surface area contributed by atoms with Gasteiger partial charge in [0.15, 0.2) is 0 Å². The predicted octanol–water partition coefficient (Wildman–Crippen LogP) is 5.99. The molecule has 0 unspecified atom stereocenters. The number of methoxy groups -OCH3 is 2. The Balaban J connectivity index is 1.78. The molecule has 4 aromatic rings. The minimum Gasteiger partial charge on any atom is -0.497 e. The first-order valence-electron chi connectivity index (χ1n) is 8.73. The lowest BCUT2D eigenvalue weighted by Gasteiger charge is -2.09. The summed E-state index contributed by atoms with van der Waals surface area (Å²) in [4.78, 5) is 0. The molecule has 0 N–H and O–H groups in total. The van der Waals surface area contributed by atoms with Crippen molar-refractivity contribution in [2.45, 2.75) is 8.42 Å². The van der Waals surface area contributed by atoms with Crippen molar-refractivity contribution < 1.29 is 17.9 Å². The third kappa shape index (κ3) is 3.69. The predicted molar refractivity (Wildman–Crippen MR) is 118 cm³/mol. The first-order chi connectivity index (χ1) is 14.0. The molecule has 7 heteroatoms. The molecule has 0 saturated heterocycles. The highest BCUT2D eigenvalue weighted by Crippen LogP contribution is 2.41. The van der Waals surface area contributed by atoms with Crippen LogP contribution in [0.25, 0.3) is 22.3 Å². The van der Waals surface area contributed by atoms with Crippen molar-refractivity contribution in [1.82, 2.24) is 0 Å². The molecule has 0 spiro atoms. The second kappa shape index (κ2) is 8.02. The van der Waals surface area contributed by atoms with E-state index in [0.29, 0.717) is 19.5 Å². The highest BCUT2D eigenvalue weighted by Gasteiger charge is 2.28. The Morgan fingerprint density at radius 1 is 0.621 bits per heavy atom. The summed E-state index contributed by atoms with van der Waals surface area (Å²) in [6.45, 7) is 0. The highest BCUT2D eigenvalue weighted by molar-refractivity contribution is 7.95. The fourth-order valence-corrected chi connectivity index (χ4v) is 7.47. The van der Waals surface area contributed by atoms with E-state index in [4.69, 9.17) is 9.47 Å². The van der Waals surface area contributed by atoms with Crippen LogP contribution in [0.3, 0.4) is 0 Å². The van der Waals surface area contributed by atoms with E-state index in [1.54, 1.807) is 14.2 Å². The van der Waals surface area contributed by atoms with E-state index in [9.17, 15) is 8.42 Å². The average Bonchev–Trinajstić information content (AvgIpc) is 3.44. The minimum absolute atomic E-state index is 0.347. The van der Waals surface area contributed by atoms with Gasteiger partial charge in [0.1, 0.15) is 19.9 Å². The van der Waals surface area contributed by atoms with Gasteiger partial charge in [0.2, 0.25) is 9.84 Å². The second-order valence-corrected chi connectivity index (χ2v) is 10.4. The van der Waals surface area contributed by atoms with Crippen LogP contribution >= 0.6 is 22.7 Å². The van der Waals surface area contributed by atoms with Crippen LogP contribution in [0.2, 0.25) is 0 Å². The maximum atomic E-state index is 13.6. The van der Waals surface area contributed by atoms with Crippen LogP contribution in [-0.2, 0) is 9.84 Å². The zero-order valence-corrected chi connectivity index (χ0v) is 18.2. The average molecular weight is 443 g/mol. The lowest BCUT2D eigenvalue weighted by atomic mass is 10.1. The first-order valence-corrected chi connectivity index (χ1v) is 12.0. The van der Waals surface area contributed by atoms with Gasteiger partial charge in [0.05, 0.1) is 14.2 Å². The molecule has 2 aromatic carbocycles. The smallest absolute Gasteiger partial charge is 0.226 e. The summed E-state index contributed by atoms with van der Waals surface area (Å²) in [5.74, 6) is 1.46. The van der Waals surface area contributed by atoms with Crippen LogP contribution in [0, 0.1) is 0 Å². The molecule has 148 valence electrons. The van der Waals surface area contributed by atoms with Gasteiger partial charge in [-0.3, -0.25) is 0 Å². The van der Waals surface area contributed by atoms with Crippen LogP contribution in [0.1, 0.15) is 0 Å². The molecular weight excluding hydrogens is 424 g/mol. The molecule has 0 aliphatic rings. The molecule has 0 atom stereocenters. The van der Waals surface area contributed by atoms with Crippen molar-refractivity contribution in [3.63, 3.8) is 0 Å². The number of ether oxygens (including phenoxy) is 2. The van der Waals surface area contributed by atoms with E-state index in [1.807, 2.05) is 71.4 Å². The summed E-state index contributed by atoms with van der Waals surface area (Å²) in [5, 5.41) is 3.63. The van der Waals surface area contributed by atoms with Crippen LogP contribution in [0.4, 0.5) is 0 Å². The largest absolute Gasteiger partial charge is 0.497 e. The lowest BCUT2D eigenvalue weighted by molar-refractivity contribution is 0.415. The Morgan fingerprint density at radius 2 is 1.00 bits per heavy atom. The van der Waals surface area contributed by atoms with Gasteiger partial charge in [-0.05, 0) is 58.3 Å². The number of thiophene rings is 2. The molecule has 0 saturated carbocycles. The van der Waals surface area contributed by atoms with Crippen molar-refractivity contribution in [2.75, 3.05) is 14.2 Å². The molecule has 4 rings (SSSR count). The number of hydrogen-bond acceptors (Lipinski definition) is 6. The van der Waals surface area contributed by atoms with Gasteiger partial charge >= 0.3 is 0 Å². The molecule has 0 aliphatic carbocycles. The summed E-state index contributed by atoms with van der Waals surface area (Å²) in [5.41, 5.74) is 3.08. The fourth-order valence-electron chi connectivity index (χ4n) is 3.06. The standard InChI is InChI=1S/C22H18O4S3/c1-25-17-7-3-15(4-8-17)19-11-13-27-21(19)29(23,24)22-20(12-14-28-22)16-5-9-18(26-2)10-6-16/h3-14H,1-2H3. The zero-order chi connectivity index (χ0) is 20.4. The third-order valence-corrected chi connectivity index (χ3v) is 9.27. The molecule has 2 aromatic heterocycles. The molecule has 2 heterocycles. The SMILES string of the molecule is COc1ccc(-c2ccsc2S(=O)(=O)c2sccc2-c2ccc(OC)cc2)cc1. The van der Waals surface area contributed by atoms with Crippen LogP contribution in [0.15, 0.2) is 79.8 Å². The molecule has 0 fully saturated rings. The Kier molecular flexibility index (Phi) is 5.45. The summed E-state index contributed by atoms with van der Waals surface area (Å²) < 4.78 is 38.2. The zero-order valence-electron chi connectivity index (χ0n) is 15.8. The normalized spacial score (nSPS) is 11.4. The van der Waals surface area contributed by atoms with E-state index < -0.39 is 9.84 Å². The molecule has 29 heavy (non-hydrogen) atoms. The number of hydrogen-bond donors (Lipinski definition) is 0. The number of benzene rings is 2. The van der Waals surface area contributed by atoms with E-state index in [1.165, 1.54) is 22.7 Å². The number of rotatable bonds is 6. The van der Waals surface area contributed by atoms with Gasteiger partial charge in [0, 0.05) is 11.1 Å². The van der Waals surface area contributed by atoms with Crippen LogP contribution < -0.4 is 9.47 Å². The molecule has 0 amide bonds. The fraction of sp³-hybridized carbons (Fsp3) is 0.0909. The molecule has 0 radical (unpaired) electrons. The van der Waals surface area contributed by atoms with Crippen molar-refractivity contribution in [3.05, 3.63) is 71.4 Å². The lowest BCUT2D eigenvalue weighted by Crippen LogP contribution is -2.00. The topological polar surface area (TPSA) is 52.6 Å². The van der Waals surface area contributed by atoms with Crippen LogP contribution in [-0.4, -0.2) is 22.6 Å². The Hall–Kier alpha value is -2.61. The van der Waals surface area contributed by atoms with E-state index in [0.717, 1.165) is 22.6 Å². The first kappa shape index (κ1) is 19.7. The number of sulfone groups is 1. The van der Waals surface area contributed by atoms with Gasteiger partial charge in [-0.2, -0.15) is 0 Å². The van der Waals surface area contributed by atoms with Gasteiger partial charge in [0.25, 0.3) is 0 Å². The summed E-state index contributed by atoms with van der Waals surface area (Å²) in [7, 11) is -0.458. The molecule has 0 bridgehead atoms. The van der Waals surface area contributed by atoms with Crippen molar-refractivity contribution in [2.24, 2.45) is 0 Å². The van der Waals surface area contributed by atoms with E-state index in [-0.39, 0.29) is 0 Å². The highest BCUT2D eigenvalue weighted by atomic mass is 32.3. The molecule has 4 nitrogen and oxygen atoms in total. The van der Waals surface area contributed by atoms with Crippen LogP contribution in [0.5, 0.6) is 11.5 Å². The van der Waals surface area contributed by atoms with Gasteiger partial charge in [-0.15, -0.1) is 22.7 Å². The Labute approximate surface area is 177 Å². The Bertz CT molecular complexity index is 1130. The Morgan fingerprint density at radius 3 is 1.34 bits per heavy atom. The summed E-state index contributed by atoms with van der Waals surface area (Å²) in [6, 6.07) is 18.5. The van der Waals surface area contributed by atoms with Crippen molar-refractivity contribution >= 4 is 32.5 Å². The quantitative estimate of drug-likeness (QED) is 0.368.